The Kier molecular flexibility index (Phi) is 5.35. The Balaban J connectivity index is 1.47. The molecule has 5 heterocycles. The molecule has 1 aromatic carbocycles. The Morgan fingerprint density at radius 1 is 1.13 bits per heavy atom. The summed E-state index contributed by atoms with van der Waals surface area (Å²) in [5.41, 5.74) is 1.96. The van der Waals surface area contributed by atoms with Gasteiger partial charge < -0.3 is 23.6 Å². The van der Waals surface area contributed by atoms with E-state index in [0.717, 1.165) is 16.6 Å². The average molecular weight is 532 g/mol. The summed E-state index contributed by atoms with van der Waals surface area (Å²) in [7, 11) is -0.0428. The van der Waals surface area contributed by atoms with Crippen LogP contribution in [0.25, 0.3) is 5.69 Å². The molecular weight excluding hydrogens is 502 g/mol. The molecule has 0 N–H and O–H groups in total. The molecule has 2 aliphatic rings. The zero-order valence-electron chi connectivity index (χ0n) is 22.0. The summed E-state index contributed by atoms with van der Waals surface area (Å²) in [4.78, 5) is 31.4. The summed E-state index contributed by atoms with van der Waals surface area (Å²) in [5, 5.41) is 13.6. The number of nitrogens with zero attached hydrogens (tertiary/aromatic N) is 7. The van der Waals surface area contributed by atoms with Crippen LogP contribution in [0.3, 0.4) is 0 Å². The first kappa shape index (κ1) is 24.2. The van der Waals surface area contributed by atoms with Crippen molar-refractivity contribution in [2.75, 3.05) is 20.2 Å². The lowest BCUT2D eigenvalue weighted by molar-refractivity contribution is -0.00598. The molecule has 196 valence electrons. The molecule has 0 saturated carbocycles. The minimum atomic E-state index is -1.65. The fourth-order valence-electron chi connectivity index (χ4n) is 5.37. The number of rotatable bonds is 5. The molecule has 1 unspecified atom stereocenters. The standard InChI is InChI=1S/C26H29N7O4Si/c1-17-21(15-37-28-17)24(34)31-10-11-32-25(35)22-12-19(33-14-23(27-29-33)38(3,4)5)13-30(22)16-26(31,32)18-6-8-20(36-2)9-7-18/h6-9,12-15H,10-11,16H2,1-5H3. The molecule has 3 aromatic heterocycles. The van der Waals surface area contributed by atoms with Crippen LogP contribution in [-0.4, -0.2) is 74.6 Å². The topological polar surface area (TPSA) is 112 Å². The predicted molar refractivity (Wildman–Crippen MR) is 140 cm³/mol. The number of aromatic nitrogens is 5. The van der Waals surface area contributed by atoms with Gasteiger partial charge in [-0.05, 0) is 25.1 Å². The molecule has 1 atom stereocenters. The van der Waals surface area contributed by atoms with Gasteiger partial charge in [-0.3, -0.25) is 9.59 Å². The Hall–Kier alpha value is -4.19. The molecule has 0 radical (unpaired) electrons. The lowest BCUT2D eigenvalue weighted by Gasteiger charge is -2.47. The molecule has 2 aliphatic heterocycles. The van der Waals surface area contributed by atoms with Crippen molar-refractivity contribution in [1.29, 1.82) is 0 Å². The quantitative estimate of drug-likeness (QED) is 0.364. The number of benzene rings is 1. The van der Waals surface area contributed by atoms with E-state index in [1.165, 1.54) is 6.26 Å². The van der Waals surface area contributed by atoms with Crippen molar-refractivity contribution in [1.82, 2.24) is 34.5 Å². The van der Waals surface area contributed by atoms with Crippen LogP contribution in [0.1, 0.15) is 32.1 Å². The van der Waals surface area contributed by atoms with Crippen LogP contribution in [0, 0.1) is 6.92 Å². The van der Waals surface area contributed by atoms with Crippen molar-refractivity contribution < 1.29 is 18.8 Å². The second-order valence-corrected chi connectivity index (χ2v) is 15.8. The number of carbonyl (C=O) groups excluding carboxylic acids is 2. The summed E-state index contributed by atoms with van der Waals surface area (Å²) in [6.45, 7) is 9.50. The van der Waals surface area contributed by atoms with Crippen molar-refractivity contribution in [3.05, 3.63) is 71.5 Å². The lowest BCUT2D eigenvalue weighted by Crippen LogP contribution is -2.60. The Bertz CT molecular complexity index is 1550. The number of aryl methyl sites for hydroxylation is 1. The van der Waals surface area contributed by atoms with E-state index in [9.17, 15) is 9.59 Å². The van der Waals surface area contributed by atoms with Crippen molar-refractivity contribution >= 4 is 25.2 Å². The normalized spacial score (nSPS) is 19.0. The Morgan fingerprint density at radius 3 is 2.53 bits per heavy atom. The fourth-order valence-corrected chi connectivity index (χ4v) is 6.22. The molecule has 0 spiro atoms. The monoisotopic (exact) mass is 531 g/mol. The molecule has 0 aliphatic carbocycles. The predicted octanol–water partition coefficient (Wildman–Crippen LogP) is 2.38. The van der Waals surface area contributed by atoms with Crippen LogP contribution in [0.4, 0.5) is 0 Å². The molecule has 38 heavy (non-hydrogen) atoms. The first-order chi connectivity index (χ1) is 18.1. The number of methoxy groups -OCH3 is 1. The molecule has 0 bridgehead atoms. The number of hydrogen-bond acceptors (Lipinski definition) is 7. The highest BCUT2D eigenvalue weighted by molar-refractivity contribution is 6.88. The summed E-state index contributed by atoms with van der Waals surface area (Å²) < 4.78 is 14.1. The zero-order valence-corrected chi connectivity index (χ0v) is 23.0. The number of carbonyl (C=O) groups is 2. The van der Waals surface area contributed by atoms with E-state index in [-0.39, 0.29) is 11.8 Å². The van der Waals surface area contributed by atoms with E-state index in [4.69, 9.17) is 9.26 Å². The minimum Gasteiger partial charge on any atom is -0.497 e. The van der Waals surface area contributed by atoms with Gasteiger partial charge >= 0.3 is 0 Å². The van der Waals surface area contributed by atoms with Crippen LogP contribution < -0.4 is 10.1 Å². The van der Waals surface area contributed by atoms with Gasteiger partial charge in [0.15, 0.2) is 5.66 Å². The van der Waals surface area contributed by atoms with Gasteiger partial charge in [0.05, 0.1) is 30.4 Å². The molecule has 4 aromatic rings. The molecule has 11 nitrogen and oxygen atoms in total. The Labute approximate surface area is 220 Å². The first-order valence-electron chi connectivity index (χ1n) is 12.5. The highest BCUT2D eigenvalue weighted by Crippen LogP contribution is 2.44. The van der Waals surface area contributed by atoms with Gasteiger partial charge in [0, 0.05) is 31.0 Å². The van der Waals surface area contributed by atoms with E-state index in [0.29, 0.717) is 42.3 Å². The second-order valence-electron chi connectivity index (χ2n) is 10.8. The van der Waals surface area contributed by atoms with Gasteiger partial charge in [-0.25, -0.2) is 4.68 Å². The van der Waals surface area contributed by atoms with Crippen LogP contribution in [0.2, 0.25) is 19.6 Å². The highest BCUT2D eigenvalue weighted by Gasteiger charge is 2.56. The van der Waals surface area contributed by atoms with Crippen molar-refractivity contribution in [2.24, 2.45) is 0 Å². The summed E-state index contributed by atoms with van der Waals surface area (Å²) in [5.74, 6) is 0.306. The van der Waals surface area contributed by atoms with E-state index in [1.54, 1.807) is 28.5 Å². The molecule has 12 heteroatoms. The van der Waals surface area contributed by atoms with Crippen LogP contribution >= 0.6 is 0 Å². The maximum absolute atomic E-state index is 14.0. The first-order valence-corrected chi connectivity index (χ1v) is 16.0. The molecule has 2 amide bonds. The van der Waals surface area contributed by atoms with Crippen molar-refractivity contribution in [3.63, 3.8) is 0 Å². The van der Waals surface area contributed by atoms with Crippen LogP contribution in [0.15, 0.2) is 53.5 Å². The van der Waals surface area contributed by atoms with Gasteiger partial charge in [0.25, 0.3) is 11.8 Å². The van der Waals surface area contributed by atoms with Gasteiger partial charge in [-0.2, -0.15) is 0 Å². The van der Waals surface area contributed by atoms with Gasteiger partial charge in [0.1, 0.15) is 31.3 Å². The van der Waals surface area contributed by atoms with E-state index in [2.05, 4.69) is 35.1 Å². The lowest BCUT2D eigenvalue weighted by atomic mass is 9.93. The maximum Gasteiger partial charge on any atom is 0.272 e. The van der Waals surface area contributed by atoms with Crippen molar-refractivity contribution in [2.45, 2.75) is 38.8 Å². The number of ether oxygens (including phenoxy) is 1. The average Bonchev–Trinajstić information content (AvgIpc) is 3.68. The third kappa shape index (κ3) is 3.50. The van der Waals surface area contributed by atoms with Gasteiger partial charge in [-0.15, -0.1) is 5.10 Å². The number of amides is 2. The van der Waals surface area contributed by atoms with Gasteiger partial charge in [-0.1, -0.05) is 42.1 Å². The third-order valence-electron chi connectivity index (χ3n) is 7.48. The van der Waals surface area contributed by atoms with Crippen LogP contribution in [0.5, 0.6) is 5.75 Å². The molecule has 1 saturated heterocycles. The Morgan fingerprint density at radius 2 is 1.89 bits per heavy atom. The van der Waals surface area contributed by atoms with E-state index in [1.807, 2.05) is 47.3 Å². The summed E-state index contributed by atoms with van der Waals surface area (Å²) in [6, 6.07) is 9.37. The molecule has 1 fully saturated rings. The minimum absolute atomic E-state index is 0.152. The zero-order chi connectivity index (χ0) is 26.8. The van der Waals surface area contributed by atoms with Crippen molar-refractivity contribution in [3.8, 4) is 11.4 Å². The molecule has 6 rings (SSSR count). The van der Waals surface area contributed by atoms with Gasteiger partial charge in [0.2, 0.25) is 0 Å². The third-order valence-corrected chi connectivity index (χ3v) is 9.25. The largest absolute Gasteiger partial charge is 0.497 e. The summed E-state index contributed by atoms with van der Waals surface area (Å²) in [6.07, 6.45) is 5.22. The maximum atomic E-state index is 14.0. The number of hydrogen-bond donors (Lipinski definition) is 0. The van der Waals surface area contributed by atoms with Crippen LogP contribution in [-0.2, 0) is 12.2 Å². The fraction of sp³-hybridized carbons (Fsp3) is 0.346. The smallest absolute Gasteiger partial charge is 0.272 e. The number of fused-ring (bicyclic) bond motifs is 2. The highest BCUT2D eigenvalue weighted by atomic mass is 28.3. The summed E-state index contributed by atoms with van der Waals surface area (Å²) >= 11 is 0. The molecular formula is C26H29N7O4Si. The SMILES string of the molecule is COc1ccc(C23Cn4cc(-n5cc([Si](C)(C)C)nn5)cc4C(=O)N2CCN3C(=O)c2conc2C)cc1. The van der Waals surface area contributed by atoms with E-state index < -0.39 is 13.7 Å². The van der Waals surface area contributed by atoms with E-state index >= 15 is 0 Å². The second kappa shape index (κ2) is 8.41.